The molecule has 23 heavy (non-hydrogen) atoms. The van der Waals surface area contributed by atoms with Crippen molar-refractivity contribution in [2.45, 2.75) is 25.3 Å². The zero-order valence-electron chi connectivity index (χ0n) is 13.2. The van der Waals surface area contributed by atoms with Crippen molar-refractivity contribution < 1.29 is 4.79 Å². The lowest BCUT2D eigenvalue weighted by molar-refractivity contribution is 0.0922. The highest BCUT2D eigenvalue weighted by atomic mass is 16.2. The fraction of sp³-hybridized carbons (Fsp3) is 0.353. The van der Waals surface area contributed by atoms with E-state index in [0.29, 0.717) is 0 Å². The summed E-state index contributed by atoms with van der Waals surface area (Å²) in [5.41, 5.74) is 1.44. The summed E-state index contributed by atoms with van der Waals surface area (Å²) < 4.78 is 2.18. The van der Waals surface area contributed by atoms with Crippen molar-refractivity contribution >= 4 is 5.91 Å². The predicted molar refractivity (Wildman–Crippen MR) is 86.5 cm³/mol. The highest BCUT2D eigenvalue weighted by Crippen LogP contribution is 2.29. The average Bonchev–Trinajstić information content (AvgIpc) is 2.56. The monoisotopic (exact) mass is 313 g/mol. The predicted octanol–water partition coefficient (Wildman–Crippen LogP) is 0.891. The maximum absolute atomic E-state index is 12.5. The lowest BCUT2D eigenvalue weighted by Gasteiger charge is -2.26. The zero-order chi connectivity index (χ0) is 16.6. The largest absolute Gasteiger partial charge is 0.344 e. The Morgan fingerprint density at radius 3 is 2.70 bits per heavy atom. The lowest BCUT2D eigenvalue weighted by atomic mass is 9.87. The van der Waals surface area contributed by atoms with Gasteiger partial charge in [-0.05, 0) is 30.4 Å². The smallest absolute Gasteiger partial charge is 0.331 e. The fourth-order valence-corrected chi connectivity index (χ4v) is 3.09. The van der Waals surface area contributed by atoms with Crippen LogP contribution in [-0.2, 0) is 20.5 Å². The van der Waals surface area contributed by atoms with Gasteiger partial charge in [0.2, 0.25) is 0 Å². The number of fused-ring (bicyclic) bond motifs is 1. The van der Waals surface area contributed by atoms with Crippen LogP contribution in [0.25, 0.3) is 0 Å². The second-order valence-electron chi connectivity index (χ2n) is 5.89. The van der Waals surface area contributed by atoms with Crippen molar-refractivity contribution in [2.75, 3.05) is 0 Å². The van der Waals surface area contributed by atoms with Gasteiger partial charge < -0.3 is 5.32 Å². The Morgan fingerprint density at radius 2 is 1.91 bits per heavy atom. The highest BCUT2D eigenvalue weighted by molar-refractivity contribution is 5.92. The maximum atomic E-state index is 12.5. The number of benzene rings is 1. The zero-order valence-corrected chi connectivity index (χ0v) is 13.2. The van der Waals surface area contributed by atoms with Gasteiger partial charge in [-0.1, -0.05) is 24.3 Å². The molecule has 120 valence electrons. The Hall–Kier alpha value is -2.63. The molecule has 0 spiro atoms. The van der Waals surface area contributed by atoms with Crippen LogP contribution in [0, 0.1) is 0 Å². The Balaban J connectivity index is 1.93. The van der Waals surface area contributed by atoms with E-state index in [-0.39, 0.29) is 11.7 Å². The molecule has 0 bridgehead atoms. The number of hydrogen-bond acceptors (Lipinski definition) is 3. The van der Waals surface area contributed by atoms with Gasteiger partial charge in [0.25, 0.3) is 11.5 Å². The minimum Gasteiger partial charge on any atom is -0.344 e. The van der Waals surface area contributed by atoms with Gasteiger partial charge in [-0.15, -0.1) is 0 Å². The van der Waals surface area contributed by atoms with Crippen LogP contribution in [0.4, 0.5) is 0 Å². The third-order valence-corrected chi connectivity index (χ3v) is 4.43. The van der Waals surface area contributed by atoms with Gasteiger partial charge in [-0.2, -0.15) is 0 Å². The van der Waals surface area contributed by atoms with E-state index < -0.39 is 17.2 Å². The minimum absolute atomic E-state index is 0.0844. The van der Waals surface area contributed by atoms with E-state index >= 15 is 0 Å². The van der Waals surface area contributed by atoms with Crippen LogP contribution in [-0.4, -0.2) is 15.0 Å². The quantitative estimate of drug-likeness (QED) is 0.895. The molecule has 6 heteroatoms. The van der Waals surface area contributed by atoms with Gasteiger partial charge >= 0.3 is 5.69 Å². The molecule has 1 aromatic carbocycles. The number of carbonyl (C=O) groups excluding carboxylic acids is 1. The van der Waals surface area contributed by atoms with Crippen molar-refractivity contribution in [1.82, 2.24) is 14.5 Å². The van der Waals surface area contributed by atoms with E-state index in [0.717, 1.165) is 29.4 Å². The summed E-state index contributed by atoms with van der Waals surface area (Å²) in [7, 11) is 2.88. The summed E-state index contributed by atoms with van der Waals surface area (Å²) in [6.45, 7) is 0. The van der Waals surface area contributed by atoms with Gasteiger partial charge in [-0.3, -0.25) is 18.7 Å². The second kappa shape index (κ2) is 5.87. The molecule has 6 nitrogen and oxygen atoms in total. The Kier molecular flexibility index (Phi) is 3.90. The number of hydrogen-bond donors (Lipinski definition) is 1. The van der Waals surface area contributed by atoms with Crippen molar-refractivity contribution in [1.29, 1.82) is 0 Å². The van der Waals surface area contributed by atoms with Crippen LogP contribution in [0.5, 0.6) is 0 Å². The van der Waals surface area contributed by atoms with E-state index in [1.807, 2.05) is 18.2 Å². The molecule has 1 aromatic heterocycles. The van der Waals surface area contributed by atoms with Crippen LogP contribution in [0.1, 0.15) is 40.5 Å². The molecule has 0 fully saturated rings. The van der Waals surface area contributed by atoms with Crippen molar-refractivity contribution in [3.05, 3.63) is 68.0 Å². The van der Waals surface area contributed by atoms with E-state index in [1.54, 1.807) is 0 Å². The Labute approximate surface area is 133 Å². The van der Waals surface area contributed by atoms with Crippen LogP contribution >= 0.6 is 0 Å². The lowest BCUT2D eigenvalue weighted by Crippen LogP contribution is -2.42. The number of amides is 1. The molecule has 3 rings (SSSR count). The molecule has 1 amide bonds. The summed E-state index contributed by atoms with van der Waals surface area (Å²) in [4.78, 5) is 36.3. The second-order valence-corrected chi connectivity index (χ2v) is 5.89. The molecule has 0 saturated heterocycles. The molecule has 0 aliphatic heterocycles. The number of aromatic nitrogens is 2. The van der Waals surface area contributed by atoms with E-state index in [9.17, 15) is 14.4 Å². The highest BCUT2D eigenvalue weighted by Gasteiger charge is 2.23. The first-order valence-corrected chi connectivity index (χ1v) is 7.65. The first kappa shape index (κ1) is 15.3. The fourth-order valence-electron chi connectivity index (χ4n) is 3.09. The van der Waals surface area contributed by atoms with Gasteiger partial charge in [0, 0.05) is 20.2 Å². The van der Waals surface area contributed by atoms with Crippen LogP contribution in [0.15, 0.2) is 39.9 Å². The third-order valence-electron chi connectivity index (χ3n) is 4.43. The molecule has 0 radical (unpaired) electrons. The SMILES string of the molecule is Cn1c(C(=O)N[C@@H]2CCCc3ccccc32)cc(=O)n(C)c1=O. The summed E-state index contributed by atoms with van der Waals surface area (Å²) in [6.07, 6.45) is 2.85. The summed E-state index contributed by atoms with van der Waals surface area (Å²) in [5, 5.41) is 2.96. The normalized spacial score (nSPS) is 16.7. The summed E-state index contributed by atoms with van der Waals surface area (Å²) >= 11 is 0. The van der Waals surface area contributed by atoms with Crippen molar-refractivity contribution in [2.24, 2.45) is 14.1 Å². The topological polar surface area (TPSA) is 73.1 Å². The third kappa shape index (κ3) is 2.72. The summed E-state index contributed by atoms with van der Waals surface area (Å²) in [6, 6.07) is 9.15. The average molecular weight is 313 g/mol. The van der Waals surface area contributed by atoms with E-state index in [4.69, 9.17) is 0 Å². The molecule has 1 atom stereocenters. The van der Waals surface area contributed by atoms with Gasteiger partial charge in [0.1, 0.15) is 5.69 Å². The van der Waals surface area contributed by atoms with Gasteiger partial charge in [0.15, 0.2) is 0 Å². The molecule has 0 saturated carbocycles. The molecule has 2 aromatic rings. The van der Waals surface area contributed by atoms with Crippen LogP contribution < -0.4 is 16.6 Å². The number of rotatable bonds is 2. The molecule has 0 unspecified atom stereocenters. The Morgan fingerprint density at radius 1 is 1.17 bits per heavy atom. The molecular formula is C17H19N3O3. The minimum atomic E-state index is -0.508. The molecule has 1 N–H and O–H groups in total. The standard InChI is InChI=1S/C17H19N3O3/c1-19-14(10-15(21)20(2)17(19)23)16(22)18-13-9-5-7-11-6-3-4-8-12(11)13/h3-4,6,8,10,13H,5,7,9H2,1-2H3,(H,18,22)/t13-/m1/s1. The van der Waals surface area contributed by atoms with Gasteiger partial charge in [0.05, 0.1) is 6.04 Å². The number of carbonyl (C=O) groups is 1. The molecule has 1 aliphatic rings. The van der Waals surface area contributed by atoms with Crippen molar-refractivity contribution in [3.63, 3.8) is 0 Å². The van der Waals surface area contributed by atoms with Gasteiger partial charge in [-0.25, -0.2) is 4.79 Å². The Bertz CT molecular complexity index is 879. The molecular weight excluding hydrogens is 294 g/mol. The molecule has 1 heterocycles. The summed E-state index contributed by atoms with van der Waals surface area (Å²) in [5.74, 6) is -0.399. The van der Waals surface area contributed by atoms with Crippen LogP contribution in [0.2, 0.25) is 0 Å². The maximum Gasteiger partial charge on any atom is 0.331 e. The number of nitrogens with zero attached hydrogens (tertiary/aromatic N) is 2. The van der Waals surface area contributed by atoms with Crippen molar-refractivity contribution in [3.8, 4) is 0 Å². The first-order chi connectivity index (χ1) is 11.0. The number of nitrogens with one attached hydrogen (secondary N) is 1. The molecule has 1 aliphatic carbocycles. The van der Waals surface area contributed by atoms with E-state index in [2.05, 4.69) is 11.4 Å². The van der Waals surface area contributed by atoms with Crippen LogP contribution in [0.3, 0.4) is 0 Å². The number of aryl methyl sites for hydroxylation is 1. The van der Waals surface area contributed by atoms with E-state index in [1.165, 1.54) is 30.3 Å². The first-order valence-electron chi connectivity index (χ1n) is 7.65.